The number of rotatable bonds is 5. The van der Waals surface area contributed by atoms with Crippen molar-refractivity contribution in [3.05, 3.63) is 28.2 Å². The second-order valence-corrected chi connectivity index (χ2v) is 6.62. The lowest BCUT2D eigenvalue weighted by Crippen LogP contribution is -2.38. The van der Waals surface area contributed by atoms with Crippen molar-refractivity contribution in [2.75, 3.05) is 6.54 Å². The number of phenolic OH excluding ortho intramolecular Hbond substituents is 1. The van der Waals surface area contributed by atoms with Crippen LogP contribution in [0.4, 0.5) is 0 Å². The second-order valence-electron chi connectivity index (χ2n) is 5.71. The topological polar surface area (TPSA) is 32.3 Å². The van der Waals surface area contributed by atoms with Gasteiger partial charge >= 0.3 is 0 Å². The van der Waals surface area contributed by atoms with Crippen molar-refractivity contribution in [2.24, 2.45) is 5.41 Å². The van der Waals surface area contributed by atoms with Crippen molar-refractivity contribution < 1.29 is 5.11 Å². The van der Waals surface area contributed by atoms with E-state index in [4.69, 9.17) is 0 Å². The molecule has 3 heteroatoms. The molecule has 18 heavy (non-hydrogen) atoms. The first-order chi connectivity index (χ1) is 8.54. The Morgan fingerprint density at radius 1 is 1.44 bits per heavy atom. The lowest BCUT2D eigenvalue weighted by Gasteiger charge is -2.39. The molecule has 2 N–H and O–H groups in total. The summed E-state index contributed by atoms with van der Waals surface area (Å²) in [6.45, 7) is 5.54. The van der Waals surface area contributed by atoms with Gasteiger partial charge in [0.1, 0.15) is 5.75 Å². The van der Waals surface area contributed by atoms with Gasteiger partial charge in [0, 0.05) is 22.6 Å². The highest BCUT2D eigenvalue weighted by Crippen LogP contribution is 2.40. The third kappa shape index (κ3) is 3.07. The van der Waals surface area contributed by atoms with Gasteiger partial charge in [-0.2, -0.15) is 0 Å². The van der Waals surface area contributed by atoms with Crippen molar-refractivity contribution >= 4 is 15.9 Å². The van der Waals surface area contributed by atoms with E-state index < -0.39 is 0 Å². The molecule has 100 valence electrons. The summed E-state index contributed by atoms with van der Waals surface area (Å²) in [6, 6.07) is 5.88. The highest BCUT2D eigenvalue weighted by atomic mass is 79.9. The van der Waals surface area contributed by atoms with Gasteiger partial charge in [0.05, 0.1) is 0 Å². The Morgan fingerprint density at radius 3 is 2.72 bits per heavy atom. The quantitative estimate of drug-likeness (QED) is 0.845. The number of nitrogens with one attached hydrogen (secondary N) is 1. The van der Waals surface area contributed by atoms with Crippen molar-refractivity contribution in [3.63, 3.8) is 0 Å². The molecule has 1 saturated carbocycles. The summed E-state index contributed by atoms with van der Waals surface area (Å²) in [5.74, 6) is 0.385. The Kier molecular flexibility index (Phi) is 4.33. The first kappa shape index (κ1) is 13.9. The summed E-state index contributed by atoms with van der Waals surface area (Å²) in [5.41, 5.74) is 1.46. The molecule has 1 atom stereocenters. The van der Waals surface area contributed by atoms with E-state index in [-0.39, 0.29) is 6.04 Å². The minimum absolute atomic E-state index is 0.236. The molecule has 0 aromatic heterocycles. The Hall–Kier alpha value is -0.540. The molecule has 0 amide bonds. The Morgan fingerprint density at radius 2 is 2.17 bits per heavy atom. The van der Waals surface area contributed by atoms with Crippen LogP contribution in [0.2, 0.25) is 0 Å². The lowest BCUT2D eigenvalue weighted by atomic mass is 9.70. The third-order valence-electron chi connectivity index (χ3n) is 4.11. The normalized spacial score (nSPS) is 19.3. The van der Waals surface area contributed by atoms with Gasteiger partial charge in [-0.25, -0.2) is 0 Å². The van der Waals surface area contributed by atoms with Crippen LogP contribution in [0.25, 0.3) is 0 Å². The lowest BCUT2D eigenvalue weighted by molar-refractivity contribution is 0.150. The highest BCUT2D eigenvalue weighted by molar-refractivity contribution is 9.10. The first-order valence-electron chi connectivity index (χ1n) is 6.76. The van der Waals surface area contributed by atoms with Gasteiger partial charge < -0.3 is 10.4 Å². The van der Waals surface area contributed by atoms with Crippen molar-refractivity contribution in [2.45, 2.75) is 45.6 Å². The van der Waals surface area contributed by atoms with Gasteiger partial charge in [-0.3, -0.25) is 0 Å². The molecule has 2 nitrogen and oxygen atoms in total. The summed E-state index contributed by atoms with van der Waals surface area (Å²) in [7, 11) is 0. The molecule has 1 aliphatic carbocycles. The fraction of sp³-hybridized carbons (Fsp3) is 0.600. The summed E-state index contributed by atoms with van der Waals surface area (Å²) in [6.07, 6.45) is 4.99. The zero-order valence-corrected chi connectivity index (χ0v) is 12.8. The Labute approximate surface area is 118 Å². The minimum Gasteiger partial charge on any atom is -0.508 e. The number of phenols is 1. The fourth-order valence-corrected chi connectivity index (χ4v) is 2.98. The molecule has 1 aromatic carbocycles. The van der Waals surface area contributed by atoms with E-state index in [1.54, 1.807) is 6.07 Å². The minimum atomic E-state index is 0.236. The highest BCUT2D eigenvalue weighted by Gasteiger charge is 2.32. The van der Waals surface area contributed by atoms with E-state index in [0.29, 0.717) is 11.2 Å². The van der Waals surface area contributed by atoms with Crippen LogP contribution in [0.1, 0.15) is 51.1 Å². The molecular weight excluding hydrogens is 290 g/mol. The average Bonchev–Trinajstić information content (AvgIpc) is 2.32. The van der Waals surface area contributed by atoms with E-state index in [2.05, 4.69) is 35.1 Å². The summed E-state index contributed by atoms with van der Waals surface area (Å²) < 4.78 is 1.02. The van der Waals surface area contributed by atoms with Crippen LogP contribution in [0.15, 0.2) is 22.7 Å². The maximum Gasteiger partial charge on any atom is 0.120 e. The summed E-state index contributed by atoms with van der Waals surface area (Å²) in [4.78, 5) is 0. The molecule has 2 rings (SSSR count). The fourth-order valence-electron chi connectivity index (χ4n) is 2.61. The zero-order chi connectivity index (χ0) is 13.2. The molecule has 1 aromatic rings. The number of halogens is 1. The van der Waals surface area contributed by atoms with E-state index in [9.17, 15) is 5.11 Å². The monoisotopic (exact) mass is 311 g/mol. The molecule has 0 bridgehead atoms. The number of hydrogen-bond donors (Lipinski definition) is 2. The molecule has 0 heterocycles. The smallest absolute Gasteiger partial charge is 0.120 e. The van der Waals surface area contributed by atoms with E-state index in [0.717, 1.165) is 23.0 Å². The standard InChI is InChI=1S/C15H22BrNO/c1-3-13(17-10-15(2)7-4-8-15)12-9-11(16)5-6-14(12)18/h5-6,9,13,17-18H,3-4,7-8,10H2,1-2H3. The van der Waals surface area contributed by atoms with Gasteiger partial charge in [-0.1, -0.05) is 36.2 Å². The third-order valence-corrected chi connectivity index (χ3v) is 4.60. The van der Waals surface area contributed by atoms with Crippen LogP contribution >= 0.6 is 15.9 Å². The molecule has 1 aliphatic rings. The average molecular weight is 312 g/mol. The maximum absolute atomic E-state index is 9.98. The van der Waals surface area contributed by atoms with Gasteiger partial charge in [-0.05, 0) is 42.9 Å². The molecule has 0 radical (unpaired) electrons. The van der Waals surface area contributed by atoms with Crippen LogP contribution in [-0.4, -0.2) is 11.7 Å². The molecule has 0 saturated heterocycles. The number of benzene rings is 1. The van der Waals surface area contributed by atoms with Gasteiger partial charge in [0.25, 0.3) is 0 Å². The van der Waals surface area contributed by atoms with Crippen LogP contribution in [-0.2, 0) is 0 Å². The number of aromatic hydroxyl groups is 1. The van der Waals surface area contributed by atoms with Crippen molar-refractivity contribution in [1.29, 1.82) is 0 Å². The van der Waals surface area contributed by atoms with Gasteiger partial charge in [0.15, 0.2) is 0 Å². The molecule has 0 aliphatic heterocycles. The summed E-state index contributed by atoms with van der Waals surface area (Å²) >= 11 is 3.47. The molecular formula is C15H22BrNO. The molecule has 0 spiro atoms. The van der Waals surface area contributed by atoms with E-state index >= 15 is 0 Å². The predicted octanol–water partition coefficient (Wildman–Crippen LogP) is 4.39. The van der Waals surface area contributed by atoms with Crippen LogP contribution in [0.3, 0.4) is 0 Å². The predicted molar refractivity (Wildman–Crippen MR) is 78.8 cm³/mol. The maximum atomic E-state index is 9.98. The summed E-state index contributed by atoms with van der Waals surface area (Å²) in [5, 5.41) is 13.6. The van der Waals surface area contributed by atoms with Crippen LogP contribution in [0, 0.1) is 5.41 Å². The van der Waals surface area contributed by atoms with Gasteiger partial charge in [0.2, 0.25) is 0 Å². The van der Waals surface area contributed by atoms with E-state index in [1.165, 1.54) is 19.3 Å². The van der Waals surface area contributed by atoms with Crippen LogP contribution < -0.4 is 5.32 Å². The largest absolute Gasteiger partial charge is 0.508 e. The number of hydrogen-bond acceptors (Lipinski definition) is 2. The first-order valence-corrected chi connectivity index (χ1v) is 7.55. The SMILES string of the molecule is CCC(NCC1(C)CCC1)c1cc(Br)ccc1O. The Bertz CT molecular complexity index is 415. The molecule has 1 unspecified atom stereocenters. The second kappa shape index (κ2) is 5.62. The van der Waals surface area contributed by atoms with Gasteiger partial charge in [-0.15, -0.1) is 0 Å². The van der Waals surface area contributed by atoms with Crippen molar-refractivity contribution in [1.82, 2.24) is 5.32 Å². The van der Waals surface area contributed by atoms with E-state index in [1.807, 2.05) is 12.1 Å². The van der Waals surface area contributed by atoms with Crippen LogP contribution in [0.5, 0.6) is 5.75 Å². The Balaban J connectivity index is 2.05. The molecule has 1 fully saturated rings. The van der Waals surface area contributed by atoms with Crippen molar-refractivity contribution in [3.8, 4) is 5.75 Å². The zero-order valence-electron chi connectivity index (χ0n) is 11.2.